The molecule has 0 spiro atoms. The highest BCUT2D eigenvalue weighted by Crippen LogP contribution is 2.23. The van der Waals surface area contributed by atoms with Gasteiger partial charge in [0.1, 0.15) is 0 Å². The van der Waals surface area contributed by atoms with Crippen molar-refractivity contribution in [3.05, 3.63) is 22.4 Å². The summed E-state index contributed by atoms with van der Waals surface area (Å²) in [5, 5.41) is 13.5. The van der Waals surface area contributed by atoms with E-state index < -0.39 is 0 Å². The summed E-state index contributed by atoms with van der Waals surface area (Å²) < 4.78 is 0. The zero-order chi connectivity index (χ0) is 11.2. The number of aliphatic hydroxyl groups excluding tert-OH is 1. The van der Waals surface area contributed by atoms with Crippen LogP contribution in [-0.2, 0) is 6.42 Å². The van der Waals surface area contributed by atoms with E-state index in [-0.39, 0.29) is 0 Å². The van der Waals surface area contributed by atoms with Gasteiger partial charge in [-0.25, -0.2) is 0 Å². The Bertz CT molecular complexity index is 280. The van der Waals surface area contributed by atoms with E-state index in [1.165, 1.54) is 31.2 Å². The maximum absolute atomic E-state index is 9.11. The van der Waals surface area contributed by atoms with Gasteiger partial charge in [0.2, 0.25) is 0 Å². The first-order valence-corrected chi connectivity index (χ1v) is 7.20. The van der Waals surface area contributed by atoms with Crippen LogP contribution >= 0.6 is 11.3 Å². The van der Waals surface area contributed by atoms with Crippen LogP contribution in [0.25, 0.3) is 0 Å². The van der Waals surface area contributed by atoms with E-state index in [9.17, 15) is 0 Å². The summed E-state index contributed by atoms with van der Waals surface area (Å²) in [4.78, 5) is 2.48. The molecular weight excluding hydrogens is 218 g/mol. The number of aliphatic hydroxyl groups is 1. The van der Waals surface area contributed by atoms with Gasteiger partial charge in [-0.05, 0) is 41.7 Å². The van der Waals surface area contributed by atoms with Gasteiger partial charge in [-0.3, -0.25) is 4.90 Å². The zero-order valence-electron chi connectivity index (χ0n) is 9.77. The fourth-order valence-corrected chi connectivity index (χ4v) is 3.29. The van der Waals surface area contributed by atoms with Crippen molar-refractivity contribution >= 4 is 11.3 Å². The van der Waals surface area contributed by atoms with Crippen LogP contribution in [0.1, 0.15) is 31.2 Å². The Balaban J connectivity index is 1.82. The highest BCUT2D eigenvalue weighted by atomic mass is 32.1. The number of hydrogen-bond acceptors (Lipinski definition) is 3. The second-order valence-corrected chi connectivity index (χ2v) is 5.36. The molecule has 1 saturated carbocycles. The molecule has 1 aromatic heterocycles. The lowest BCUT2D eigenvalue weighted by atomic mass is 10.1. The van der Waals surface area contributed by atoms with E-state index in [2.05, 4.69) is 21.7 Å². The quantitative estimate of drug-likeness (QED) is 0.824. The predicted octanol–water partition coefficient (Wildman–Crippen LogP) is 2.53. The number of nitrogens with zero attached hydrogens (tertiary/aromatic N) is 1. The van der Waals surface area contributed by atoms with E-state index in [1.807, 2.05) is 0 Å². The molecule has 16 heavy (non-hydrogen) atoms. The number of rotatable bonds is 6. The summed E-state index contributed by atoms with van der Waals surface area (Å²) in [6, 6.07) is 2.93. The molecule has 0 bridgehead atoms. The number of hydrogen-bond donors (Lipinski definition) is 1. The molecule has 1 aromatic rings. The van der Waals surface area contributed by atoms with Gasteiger partial charge in [0.15, 0.2) is 0 Å². The van der Waals surface area contributed by atoms with E-state index in [0.29, 0.717) is 6.61 Å². The van der Waals surface area contributed by atoms with Crippen LogP contribution in [0.4, 0.5) is 0 Å². The fraction of sp³-hybridized carbons (Fsp3) is 0.692. The Hall–Kier alpha value is -0.380. The van der Waals surface area contributed by atoms with Crippen LogP contribution in [0.3, 0.4) is 0 Å². The van der Waals surface area contributed by atoms with Gasteiger partial charge in [-0.15, -0.1) is 0 Å². The van der Waals surface area contributed by atoms with Crippen molar-refractivity contribution in [3.8, 4) is 0 Å². The molecule has 1 fully saturated rings. The Morgan fingerprint density at radius 3 is 2.75 bits per heavy atom. The molecule has 0 amide bonds. The topological polar surface area (TPSA) is 23.5 Å². The van der Waals surface area contributed by atoms with Gasteiger partial charge in [0.25, 0.3) is 0 Å². The highest BCUT2D eigenvalue weighted by Gasteiger charge is 2.21. The zero-order valence-corrected chi connectivity index (χ0v) is 10.6. The summed E-state index contributed by atoms with van der Waals surface area (Å²) in [6.45, 7) is 2.23. The molecule has 1 aliphatic carbocycles. The smallest absolute Gasteiger partial charge is 0.0558 e. The standard InChI is InChI=1S/C13H21NOS/c15-9-8-14(13-3-1-2-4-13)7-5-12-6-10-16-11-12/h6,10-11,13,15H,1-5,7-9H2. The Labute approximate surface area is 102 Å². The molecule has 3 heteroatoms. The third-order valence-corrected chi connectivity index (χ3v) is 4.23. The number of thiophene rings is 1. The molecule has 0 atom stereocenters. The molecule has 2 rings (SSSR count). The molecular formula is C13H21NOS. The van der Waals surface area contributed by atoms with Crippen LogP contribution in [0, 0.1) is 0 Å². The molecule has 90 valence electrons. The monoisotopic (exact) mass is 239 g/mol. The second kappa shape index (κ2) is 6.38. The van der Waals surface area contributed by atoms with Crippen LogP contribution in [0.5, 0.6) is 0 Å². The first kappa shape index (κ1) is 12.1. The SMILES string of the molecule is OCCN(CCc1ccsc1)C1CCCC1. The normalized spacial score (nSPS) is 17.4. The molecule has 0 saturated heterocycles. The van der Waals surface area contributed by atoms with Gasteiger partial charge in [0.05, 0.1) is 6.61 Å². The Kier molecular flexibility index (Phi) is 4.82. The second-order valence-electron chi connectivity index (χ2n) is 4.58. The van der Waals surface area contributed by atoms with Crippen LogP contribution in [0.15, 0.2) is 16.8 Å². The average molecular weight is 239 g/mol. The molecule has 2 nitrogen and oxygen atoms in total. The highest BCUT2D eigenvalue weighted by molar-refractivity contribution is 7.07. The predicted molar refractivity (Wildman–Crippen MR) is 68.9 cm³/mol. The molecule has 0 unspecified atom stereocenters. The van der Waals surface area contributed by atoms with Gasteiger partial charge in [-0.1, -0.05) is 12.8 Å². The van der Waals surface area contributed by atoms with Crippen molar-refractivity contribution in [1.29, 1.82) is 0 Å². The summed E-state index contributed by atoms with van der Waals surface area (Å²) in [7, 11) is 0. The molecule has 0 aliphatic heterocycles. The average Bonchev–Trinajstić information content (AvgIpc) is 2.96. The Morgan fingerprint density at radius 2 is 2.12 bits per heavy atom. The van der Waals surface area contributed by atoms with Gasteiger partial charge < -0.3 is 5.11 Å². The summed E-state index contributed by atoms with van der Waals surface area (Å²) in [5.74, 6) is 0. The molecule has 1 aliphatic rings. The lowest BCUT2D eigenvalue weighted by molar-refractivity contribution is 0.153. The summed E-state index contributed by atoms with van der Waals surface area (Å²) in [6.07, 6.45) is 6.50. The maximum Gasteiger partial charge on any atom is 0.0558 e. The third-order valence-electron chi connectivity index (χ3n) is 3.50. The third kappa shape index (κ3) is 3.30. The summed E-state index contributed by atoms with van der Waals surface area (Å²) in [5.41, 5.74) is 1.44. The summed E-state index contributed by atoms with van der Waals surface area (Å²) >= 11 is 1.77. The molecule has 1 N–H and O–H groups in total. The first-order chi connectivity index (χ1) is 7.90. The van der Waals surface area contributed by atoms with Crippen molar-refractivity contribution in [3.63, 3.8) is 0 Å². The van der Waals surface area contributed by atoms with Crippen molar-refractivity contribution in [2.75, 3.05) is 19.7 Å². The van der Waals surface area contributed by atoms with E-state index in [1.54, 1.807) is 11.3 Å². The van der Waals surface area contributed by atoms with Crippen molar-refractivity contribution in [2.45, 2.75) is 38.1 Å². The van der Waals surface area contributed by atoms with Gasteiger partial charge in [0, 0.05) is 19.1 Å². The van der Waals surface area contributed by atoms with Crippen LogP contribution < -0.4 is 0 Å². The van der Waals surface area contributed by atoms with Crippen LogP contribution in [0.2, 0.25) is 0 Å². The molecule has 0 aromatic carbocycles. The maximum atomic E-state index is 9.11. The molecule has 0 radical (unpaired) electrons. The largest absolute Gasteiger partial charge is 0.395 e. The minimum absolute atomic E-state index is 0.292. The van der Waals surface area contributed by atoms with Gasteiger partial charge in [-0.2, -0.15) is 11.3 Å². The fourth-order valence-electron chi connectivity index (χ4n) is 2.58. The molecule has 1 heterocycles. The van der Waals surface area contributed by atoms with E-state index >= 15 is 0 Å². The van der Waals surface area contributed by atoms with Crippen molar-refractivity contribution < 1.29 is 5.11 Å². The minimum atomic E-state index is 0.292. The lowest BCUT2D eigenvalue weighted by Crippen LogP contribution is -2.37. The Morgan fingerprint density at radius 1 is 1.31 bits per heavy atom. The van der Waals surface area contributed by atoms with Crippen molar-refractivity contribution in [2.24, 2.45) is 0 Å². The van der Waals surface area contributed by atoms with E-state index in [4.69, 9.17) is 5.11 Å². The van der Waals surface area contributed by atoms with Crippen molar-refractivity contribution in [1.82, 2.24) is 4.90 Å². The van der Waals surface area contributed by atoms with Crippen LogP contribution in [-0.4, -0.2) is 35.7 Å². The van der Waals surface area contributed by atoms with E-state index in [0.717, 1.165) is 25.6 Å². The first-order valence-electron chi connectivity index (χ1n) is 6.26. The minimum Gasteiger partial charge on any atom is -0.395 e. The lowest BCUT2D eigenvalue weighted by Gasteiger charge is -2.27. The van der Waals surface area contributed by atoms with Gasteiger partial charge >= 0.3 is 0 Å².